The fraction of sp³-hybridized carbons (Fsp3) is 0.429. The van der Waals surface area contributed by atoms with Crippen molar-refractivity contribution in [3.63, 3.8) is 0 Å². The zero-order valence-electron chi connectivity index (χ0n) is 17.7. The van der Waals surface area contributed by atoms with Crippen LogP contribution in [0.25, 0.3) is 16.8 Å². The summed E-state index contributed by atoms with van der Waals surface area (Å²) in [5.74, 6) is -0.971. The number of anilines is 1. The number of nitrogens with zero attached hydrogens (tertiary/aromatic N) is 4. The minimum atomic E-state index is -5.17. The van der Waals surface area contributed by atoms with Crippen molar-refractivity contribution in [1.29, 1.82) is 0 Å². The van der Waals surface area contributed by atoms with E-state index in [4.69, 9.17) is 0 Å². The molecule has 0 spiro atoms. The maximum absolute atomic E-state index is 14.7. The summed E-state index contributed by atoms with van der Waals surface area (Å²) in [5, 5.41) is 10.6. The van der Waals surface area contributed by atoms with Crippen LogP contribution < -0.4 is 5.32 Å². The lowest BCUT2D eigenvalue weighted by atomic mass is 10.00. The molecule has 1 unspecified atom stereocenters. The highest BCUT2D eigenvalue weighted by atomic mass is 19.4. The number of nitrogens with one attached hydrogen (secondary N) is 1. The Morgan fingerprint density at radius 1 is 1.03 bits per heavy atom. The van der Waals surface area contributed by atoms with Crippen molar-refractivity contribution in [2.45, 2.75) is 37.9 Å². The molecule has 0 amide bonds. The summed E-state index contributed by atoms with van der Waals surface area (Å²) in [7, 11) is 0. The van der Waals surface area contributed by atoms with Crippen LogP contribution in [0.5, 0.6) is 0 Å². The molecule has 1 aromatic carbocycles. The standard InChI is InChI=1S/C21H19F8N5/c1-2-33-9-12(22)8-13(10-33)30-19-32-31-17(18-16(23)5-6-34(18)19)14-4-3-11(20(24,25)26)7-15(14)21(27,28)29/h3-7,12-13H,2,8-10H2,1H3,(H,30,32)/t12-,13?/m1/s1. The Morgan fingerprint density at radius 3 is 2.41 bits per heavy atom. The maximum Gasteiger partial charge on any atom is 0.417 e. The number of piperidine rings is 1. The van der Waals surface area contributed by atoms with E-state index in [1.54, 1.807) is 0 Å². The topological polar surface area (TPSA) is 45.5 Å². The van der Waals surface area contributed by atoms with Crippen LogP contribution in [0.2, 0.25) is 0 Å². The second-order valence-electron chi connectivity index (χ2n) is 8.04. The fourth-order valence-corrected chi connectivity index (χ4v) is 4.12. The zero-order chi connectivity index (χ0) is 24.8. The van der Waals surface area contributed by atoms with Gasteiger partial charge in [0, 0.05) is 37.3 Å². The molecule has 1 N–H and O–H groups in total. The number of benzene rings is 1. The highest BCUT2D eigenvalue weighted by molar-refractivity contribution is 5.80. The molecule has 13 heteroatoms. The summed E-state index contributed by atoms with van der Waals surface area (Å²) in [5.41, 5.74) is -4.84. The number of hydrogen-bond donors (Lipinski definition) is 1. The third-order valence-corrected chi connectivity index (χ3v) is 5.70. The molecule has 0 radical (unpaired) electrons. The van der Waals surface area contributed by atoms with Gasteiger partial charge in [-0.1, -0.05) is 13.0 Å². The lowest BCUT2D eigenvalue weighted by Gasteiger charge is -2.34. The molecule has 34 heavy (non-hydrogen) atoms. The summed E-state index contributed by atoms with van der Waals surface area (Å²) < 4.78 is 110. The molecule has 5 nitrogen and oxygen atoms in total. The Morgan fingerprint density at radius 2 is 1.76 bits per heavy atom. The quantitative estimate of drug-likeness (QED) is 0.494. The SMILES string of the molecule is CCN1CC(Nc2nnc(-c3ccc(C(F)(F)F)cc3C(F)(F)F)c3c(F)ccn23)C[C@@H](F)C1. The fourth-order valence-electron chi connectivity index (χ4n) is 4.12. The van der Waals surface area contributed by atoms with Crippen molar-refractivity contribution >= 4 is 11.5 Å². The lowest BCUT2D eigenvalue weighted by Crippen LogP contribution is -2.47. The van der Waals surface area contributed by atoms with Gasteiger partial charge in [-0.15, -0.1) is 10.2 Å². The van der Waals surface area contributed by atoms with E-state index in [9.17, 15) is 35.1 Å². The highest BCUT2D eigenvalue weighted by Crippen LogP contribution is 2.41. The average molecular weight is 493 g/mol. The van der Waals surface area contributed by atoms with Gasteiger partial charge in [-0.2, -0.15) is 26.3 Å². The van der Waals surface area contributed by atoms with Crippen molar-refractivity contribution in [2.24, 2.45) is 0 Å². The number of likely N-dealkylation sites (tertiary alicyclic amines) is 1. The first-order valence-corrected chi connectivity index (χ1v) is 10.3. The number of likely N-dealkylation sites (N-methyl/N-ethyl adjacent to an activating group) is 1. The van der Waals surface area contributed by atoms with E-state index < -0.39 is 58.3 Å². The van der Waals surface area contributed by atoms with Crippen molar-refractivity contribution in [1.82, 2.24) is 19.5 Å². The number of hydrogen-bond acceptors (Lipinski definition) is 4. The van der Waals surface area contributed by atoms with Gasteiger partial charge in [0.25, 0.3) is 0 Å². The van der Waals surface area contributed by atoms with Crippen LogP contribution >= 0.6 is 0 Å². The molecule has 0 aliphatic carbocycles. The Labute approximate surface area is 188 Å². The van der Waals surface area contributed by atoms with E-state index >= 15 is 0 Å². The van der Waals surface area contributed by atoms with Gasteiger partial charge in [0.05, 0.1) is 11.1 Å². The predicted octanol–water partition coefficient (Wildman–Crippen LogP) is 5.42. The van der Waals surface area contributed by atoms with Gasteiger partial charge in [-0.25, -0.2) is 8.78 Å². The van der Waals surface area contributed by atoms with E-state index in [-0.39, 0.29) is 25.0 Å². The molecule has 1 fully saturated rings. The molecule has 4 rings (SSSR count). The number of halogens is 8. The monoisotopic (exact) mass is 493 g/mol. The first kappa shape index (κ1) is 24.2. The van der Waals surface area contributed by atoms with E-state index in [0.717, 1.165) is 10.5 Å². The summed E-state index contributed by atoms with van der Waals surface area (Å²) in [6.07, 6.45) is -9.94. The minimum absolute atomic E-state index is 0.0294. The second-order valence-corrected chi connectivity index (χ2v) is 8.04. The van der Waals surface area contributed by atoms with Gasteiger partial charge in [0.2, 0.25) is 5.95 Å². The normalized spacial score (nSPS) is 20.1. The molecule has 1 aliphatic rings. The van der Waals surface area contributed by atoms with Crippen LogP contribution in [0.3, 0.4) is 0 Å². The first-order valence-electron chi connectivity index (χ1n) is 10.3. The van der Waals surface area contributed by atoms with Crippen molar-refractivity contribution in [2.75, 3.05) is 25.0 Å². The predicted molar refractivity (Wildman–Crippen MR) is 107 cm³/mol. The van der Waals surface area contributed by atoms with Crippen LogP contribution in [0, 0.1) is 5.82 Å². The van der Waals surface area contributed by atoms with Crippen LogP contribution in [-0.2, 0) is 12.4 Å². The number of rotatable bonds is 4. The van der Waals surface area contributed by atoms with Crippen LogP contribution in [0.1, 0.15) is 24.5 Å². The zero-order valence-corrected chi connectivity index (χ0v) is 17.7. The van der Waals surface area contributed by atoms with Crippen molar-refractivity contribution in [3.05, 3.63) is 47.4 Å². The molecule has 2 atom stereocenters. The Bertz CT molecular complexity index is 1190. The first-order chi connectivity index (χ1) is 15.9. The van der Waals surface area contributed by atoms with E-state index in [1.807, 2.05) is 11.8 Å². The van der Waals surface area contributed by atoms with Gasteiger partial charge in [-0.3, -0.25) is 9.30 Å². The van der Waals surface area contributed by atoms with E-state index in [2.05, 4.69) is 15.5 Å². The third-order valence-electron chi connectivity index (χ3n) is 5.70. The third kappa shape index (κ3) is 4.65. The number of fused-ring (bicyclic) bond motifs is 1. The summed E-state index contributed by atoms with van der Waals surface area (Å²) >= 11 is 0. The van der Waals surface area contributed by atoms with Gasteiger partial charge in [0.15, 0.2) is 5.82 Å². The molecular formula is C21H19F8N5. The minimum Gasteiger partial charge on any atom is -0.350 e. The number of alkyl halides is 7. The number of aromatic nitrogens is 3. The van der Waals surface area contributed by atoms with Gasteiger partial charge < -0.3 is 5.32 Å². The van der Waals surface area contributed by atoms with Gasteiger partial charge >= 0.3 is 12.4 Å². The maximum atomic E-state index is 14.7. The van der Waals surface area contributed by atoms with Crippen molar-refractivity contribution in [3.8, 4) is 11.3 Å². The Balaban J connectivity index is 1.80. The Kier molecular flexibility index (Phi) is 6.17. The molecule has 0 saturated carbocycles. The molecule has 3 aromatic rings. The molecule has 1 aliphatic heterocycles. The highest BCUT2D eigenvalue weighted by Gasteiger charge is 2.39. The Hall–Kier alpha value is -2.96. The molecular weight excluding hydrogens is 474 g/mol. The van der Waals surface area contributed by atoms with Crippen LogP contribution in [-0.4, -0.2) is 51.3 Å². The van der Waals surface area contributed by atoms with Crippen LogP contribution in [0.4, 0.5) is 41.1 Å². The molecule has 0 bridgehead atoms. The largest absolute Gasteiger partial charge is 0.417 e. The molecule has 2 aromatic heterocycles. The van der Waals surface area contributed by atoms with Crippen molar-refractivity contribution < 1.29 is 35.1 Å². The second kappa shape index (κ2) is 8.67. The summed E-state index contributed by atoms with van der Waals surface area (Å²) in [6.45, 7) is 3.19. The lowest BCUT2D eigenvalue weighted by molar-refractivity contribution is -0.142. The molecule has 1 saturated heterocycles. The van der Waals surface area contributed by atoms with Gasteiger partial charge in [0.1, 0.15) is 17.4 Å². The summed E-state index contributed by atoms with van der Waals surface area (Å²) in [4.78, 5) is 1.86. The molecule has 3 heterocycles. The van der Waals surface area contributed by atoms with E-state index in [1.165, 1.54) is 6.20 Å². The smallest absolute Gasteiger partial charge is 0.350 e. The van der Waals surface area contributed by atoms with E-state index in [0.29, 0.717) is 25.2 Å². The molecule has 184 valence electrons. The summed E-state index contributed by atoms with van der Waals surface area (Å²) in [6, 6.07) is 1.58. The van der Waals surface area contributed by atoms with Gasteiger partial charge in [-0.05, 0) is 24.7 Å². The average Bonchev–Trinajstić information content (AvgIpc) is 3.14. The van der Waals surface area contributed by atoms with Crippen LogP contribution in [0.15, 0.2) is 30.5 Å².